The van der Waals surface area contributed by atoms with Crippen LogP contribution in [0.5, 0.6) is 0 Å². The van der Waals surface area contributed by atoms with E-state index in [0.717, 1.165) is 0 Å². The van der Waals surface area contributed by atoms with E-state index in [9.17, 15) is 14.4 Å². The molecule has 2 amide bonds. The predicted molar refractivity (Wildman–Crippen MR) is 91.7 cm³/mol. The molecule has 24 heavy (non-hydrogen) atoms. The molecule has 8 nitrogen and oxygen atoms in total. The fraction of sp³-hybridized carbons (Fsp3) is 0.438. The van der Waals surface area contributed by atoms with Crippen LogP contribution < -0.4 is 11.1 Å². The van der Waals surface area contributed by atoms with E-state index >= 15 is 0 Å². The Labute approximate surface area is 141 Å². The number of Topliss-reactive ketones (excluding diaryl/α,β-unsaturated/α-hetero) is 1. The van der Waals surface area contributed by atoms with Crippen molar-refractivity contribution in [3.05, 3.63) is 24.6 Å². The monoisotopic (exact) mass is 333 g/mol. The van der Waals surface area contributed by atoms with Crippen molar-refractivity contribution in [1.82, 2.24) is 10.2 Å². The molecule has 0 radical (unpaired) electrons. The molecule has 130 valence electrons. The van der Waals surface area contributed by atoms with Crippen molar-refractivity contribution >= 4 is 29.5 Å². The second-order valence-corrected chi connectivity index (χ2v) is 5.88. The summed E-state index contributed by atoms with van der Waals surface area (Å²) in [7, 11) is 0. The molecule has 0 saturated heterocycles. The van der Waals surface area contributed by atoms with Crippen molar-refractivity contribution in [1.29, 1.82) is 5.41 Å². The number of carbonyl (C=O) groups excluding carboxylic acids is 3. The van der Waals surface area contributed by atoms with Gasteiger partial charge in [0.1, 0.15) is 6.04 Å². The van der Waals surface area contributed by atoms with Crippen LogP contribution in [-0.2, 0) is 14.4 Å². The first-order valence-electron chi connectivity index (χ1n) is 7.64. The summed E-state index contributed by atoms with van der Waals surface area (Å²) in [6.45, 7) is 1.58. The summed E-state index contributed by atoms with van der Waals surface area (Å²) in [6.07, 6.45) is 9.01. The Morgan fingerprint density at radius 3 is 2.83 bits per heavy atom. The zero-order chi connectivity index (χ0) is 17.7. The standard InChI is InChI=1S/C16H21N5O3.H2/c1-11(22)14(17)16(4-6-19-7-5-16)10-20-9-13(23)21-8-2-3-12(21)15(18)24;/h2,4,6-8,12,17,20H,3,5,9-10H2,1H3,(H2,18,24);1H/t12-,16?;/m0./s1. The van der Waals surface area contributed by atoms with Crippen LogP contribution in [0.2, 0.25) is 0 Å². The van der Waals surface area contributed by atoms with Crippen molar-refractivity contribution in [2.24, 2.45) is 16.1 Å². The van der Waals surface area contributed by atoms with Gasteiger partial charge in [-0.05, 0) is 12.8 Å². The fourth-order valence-corrected chi connectivity index (χ4v) is 2.80. The van der Waals surface area contributed by atoms with Crippen LogP contribution in [-0.4, -0.2) is 53.6 Å². The van der Waals surface area contributed by atoms with Gasteiger partial charge in [0.25, 0.3) is 0 Å². The van der Waals surface area contributed by atoms with E-state index in [1.54, 1.807) is 30.8 Å². The number of rotatable bonds is 7. The molecule has 0 fully saturated rings. The number of aliphatic imine (C=N–C) groups is 1. The Morgan fingerprint density at radius 1 is 1.50 bits per heavy atom. The average molecular weight is 333 g/mol. The lowest BCUT2D eigenvalue weighted by atomic mass is 9.77. The van der Waals surface area contributed by atoms with E-state index in [1.807, 2.05) is 0 Å². The molecule has 4 N–H and O–H groups in total. The number of hydrogen-bond acceptors (Lipinski definition) is 6. The Morgan fingerprint density at radius 2 is 2.25 bits per heavy atom. The SMILES string of the molecule is CC(=O)C(=N)C1(CNCC(=O)N2C=CC[C@H]2C(N)=O)C=CN=CC1.[HH]. The zero-order valence-electron chi connectivity index (χ0n) is 13.5. The molecule has 2 rings (SSSR count). The third kappa shape index (κ3) is 3.65. The Kier molecular flexibility index (Phi) is 5.40. The lowest BCUT2D eigenvalue weighted by Crippen LogP contribution is -2.48. The number of nitrogens with one attached hydrogen (secondary N) is 2. The van der Waals surface area contributed by atoms with Crippen LogP contribution in [0.4, 0.5) is 0 Å². The van der Waals surface area contributed by atoms with Crippen molar-refractivity contribution < 1.29 is 15.8 Å². The number of ketones is 1. The van der Waals surface area contributed by atoms with Gasteiger partial charge >= 0.3 is 0 Å². The van der Waals surface area contributed by atoms with Gasteiger partial charge in [0.15, 0.2) is 5.78 Å². The summed E-state index contributed by atoms with van der Waals surface area (Å²) in [5.74, 6) is -1.15. The molecule has 8 heteroatoms. The summed E-state index contributed by atoms with van der Waals surface area (Å²) in [5.41, 5.74) is 4.45. The summed E-state index contributed by atoms with van der Waals surface area (Å²) >= 11 is 0. The zero-order valence-corrected chi connectivity index (χ0v) is 13.5. The third-order valence-corrected chi connectivity index (χ3v) is 4.18. The van der Waals surface area contributed by atoms with Crippen LogP contribution in [0, 0.1) is 10.8 Å². The van der Waals surface area contributed by atoms with E-state index in [2.05, 4.69) is 10.3 Å². The van der Waals surface area contributed by atoms with Crippen LogP contribution in [0.25, 0.3) is 0 Å². The molecule has 1 unspecified atom stereocenters. The van der Waals surface area contributed by atoms with E-state index in [4.69, 9.17) is 11.1 Å². The summed E-state index contributed by atoms with van der Waals surface area (Å²) in [5, 5.41) is 11.0. The third-order valence-electron chi connectivity index (χ3n) is 4.18. The van der Waals surface area contributed by atoms with Gasteiger partial charge in [-0.2, -0.15) is 0 Å². The normalized spacial score (nSPS) is 25.0. The maximum atomic E-state index is 12.2. The molecule has 0 aromatic rings. The molecule has 2 atom stereocenters. The molecule has 0 saturated carbocycles. The second-order valence-electron chi connectivity index (χ2n) is 5.88. The van der Waals surface area contributed by atoms with Crippen molar-refractivity contribution in [3.63, 3.8) is 0 Å². The number of carbonyl (C=O) groups is 3. The number of nitrogens with two attached hydrogens (primary N) is 1. The second kappa shape index (κ2) is 7.31. The Hall–Kier alpha value is -2.61. The molecular formula is C16H23N5O3. The Bertz CT molecular complexity index is 658. The summed E-state index contributed by atoms with van der Waals surface area (Å²) < 4.78 is 0. The quantitative estimate of drug-likeness (QED) is 0.567. The molecule has 0 aromatic carbocycles. The molecule has 2 aliphatic heterocycles. The highest BCUT2D eigenvalue weighted by Crippen LogP contribution is 2.27. The lowest BCUT2D eigenvalue weighted by Gasteiger charge is -2.31. The lowest BCUT2D eigenvalue weighted by molar-refractivity contribution is -0.134. The topological polar surface area (TPSA) is 129 Å². The molecule has 2 heterocycles. The van der Waals surface area contributed by atoms with Crippen LogP contribution in [0.1, 0.15) is 21.2 Å². The summed E-state index contributed by atoms with van der Waals surface area (Å²) in [6, 6.07) is -0.648. The van der Waals surface area contributed by atoms with Gasteiger partial charge in [-0.1, -0.05) is 12.2 Å². The first kappa shape index (κ1) is 17.7. The molecular weight excluding hydrogens is 310 g/mol. The van der Waals surface area contributed by atoms with Crippen LogP contribution >= 0.6 is 0 Å². The smallest absolute Gasteiger partial charge is 0.241 e. The maximum absolute atomic E-state index is 12.2. The van der Waals surface area contributed by atoms with Gasteiger partial charge in [0, 0.05) is 33.5 Å². The molecule has 0 aromatic heterocycles. The number of amides is 2. The number of primary amides is 1. The molecule has 0 spiro atoms. The van der Waals surface area contributed by atoms with E-state index in [1.165, 1.54) is 11.8 Å². The minimum atomic E-state index is -0.808. The first-order valence-corrected chi connectivity index (χ1v) is 7.64. The molecule has 0 bridgehead atoms. The first-order chi connectivity index (χ1) is 11.4. The van der Waals surface area contributed by atoms with Gasteiger partial charge in [0.2, 0.25) is 11.8 Å². The van der Waals surface area contributed by atoms with Gasteiger partial charge < -0.3 is 21.4 Å². The van der Waals surface area contributed by atoms with Gasteiger partial charge in [-0.25, -0.2) is 0 Å². The minimum absolute atomic E-state index is 0. The van der Waals surface area contributed by atoms with Crippen LogP contribution in [0.15, 0.2) is 29.5 Å². The molecule has 2 aliphatic rings. The predicted octanol–water partition coefficient (Wildman–Crippen LogP) is 0.00527. The van der Waals surface area contributed by atoms with Gasteiger partial charge in [-0.3, -0.25) is 19.4 Å². The van der Waals surface area contributed by atoms with Gasteiger partial charge in [0.05, 0.1) is 17.7 Å². The van der Waals surface area contributed by atoms with Crippen molar-refractivity contribution in [2.75, 3.05) is 13.1 Å². The Balaban J connectivity index is 0.00000312. The van der Waals surface area contributed by atoms with Crippen molar-refractivity contribution in [2.45, 2.75) is 25.8 Å². The van der Waals surface area contributed by atoms with Crippen molar-refractivity contribution in [3.8, 4) is 0 Å². The van der Waals surface area contributed by atoms with E-state index in [0.29, 0.717) is 12.8 Å². The highest BCUT2D eigenvalue weighted by Gasteiger charge is 2.35. The number of hydrogen-bond donors (Lipinski definition) is 3. The fourth-order valence-electron chi connectivity index (χ4n) is 2.80. The highest BCUT2D eigenvalue weighted by molar-refractivity contribution is 6.40. The van der Waals surface area contributed by atoms with E-state index < -0.39 is 17.4 Å². The largest absolute Gasteiger partial charge is 0.368 e. The highest BCUT2D eigenvalue weighted by atomic mass is 16.2. The summed E-state index contributed by atoms with van der Waals surface area (Å²) in [4.78, 5) is 40.5. The average Bonchev–Trinajstić information content (AvgIpc) is 3.04. The molecule has 0 aliphatic carbocycles. The number of nitrogens with zero attached hydrogens (tertiary/aromatic N) is 2. The van der Waals surface area contributed by atoms with Crippen LogP contribution in [0.3, 0.4) is 0 Å². The van der Waals surface area contributed by atoms with E-state index in [-0.39, 0.29) is 31.9 Å². The maximum Gasteiger partial charge on any atom is 0.241 e. The van der Waals surface area contributed by atoms with Gasteiger partial charge in [-0.15, -0.1) is 0 Å². The minimum Gasteiger partial charge on any atom is -0.368 e.